The summed E-state index contributed by atoms with van der Waals surface area (Å²) in [4.78, 5) is 16.1. The standard InChI is InChI=1S/C16H19N3O/c20-15(11-17-9-12-6-7-12)19-10-14-4-1-3-13-5-2-8-18-16(13)14/h1-5,8,12,17H,6-7,9-11H2,(H,19,20). The monoisotopic (exact) mass is 269 g/mol. The number of benzene rings is 1. The molecule has 0 unspecified atom stereocenters. The molecule has 4 heteroatoms. The van der Waals surface area contributed by atoms with Crippen molar-refractivity contribution in [2.24, 2.45) is 5.92 Å². The molecule has 1 aliphatic carbocycles. The van der Waals surface area contributed by atoms with Crippen LogP contribution in [0.4, 0.5) is 0 Å². The molecule has 104 valence electrons. The van der Waals surface area contributed by atoms with Gasteiger partial charge in [0, 0.05) is 18.1 Å². The van der Waals surface area contributed by atoms with Crippen LogP contribution >= 0.6 is 0 Å². The van der Waals surface area contributed by atoms with Gasteiger partial charge in [-0.3, -0.25) is 9.78 Å². The first-order chi connectivity index (χ1) is 9.83. The molecule has 0 radical (unpaired) electrons. The van der Waals surface area contributed by atoms with Gasteiger partial charge in [-0.2, -0.15) is 0 Å². The van der Waals surface area contributed by atoms with Gasteiger partial charge >= 0.3 is 0 Å². The van der Waals surface area contributed by atoms with Gasteiger partial charge in [0.05, 0.1) is 12.1 Å². The smallest absolute Gasteiger partial charge is 0.234 e. The summed E-state index contributed by atoms with van der Waals surface area (Å²) in [6.45, 7) is 1.89. The zero-order valence-electron chi connectivity index (χ0n) is 11.4. The number of amides is 1. The number of rotatable bonds is 6. The van der Waals surface area contributed by atoms with Crippen molar-refractivity contribution in [3.05, 3.63) is 42.1 Å². The number of para-hydroxylation sites is 1. The summed E-state index contributed by atoms with van der Waals surface area (Å²) in [6.07, 6.45) is 4.39. The van der Waals surface area contributed by atoms with E-state index < -0.39 is 0 Å². The second-order valence-electron chi connectivity index (χ2n) is 5.34. The molecule has 1 heterocycles. The predicted molar refractivity (Wildman–Crippen MR) is 79.2 cm³/mol. The van der Waals surface area contributed by atoms with Gasteiger partial charge in [0.15, 0.2) is 0 Å². The van der Waals surface area contributed by atoms with Gasteiger partial charge in [0.2, 0.25) is 5.91 Å². The number of nitrogens with zero attached hydrogens (tertiary/aromatic N) is 1. The molecule has 1 aromatic heterocycles. The summed E-state index contributed by atoms with van der Waals surface area (Å²) in [5, 5.41) is 7.24. The highest BCUT2D eigenvalue weighted by Crippen LogP contribution is 2.27. The summed E-state index contributed by atoms with van der Waals surface area (Å²) in [6, 6.07) is 9.99. The molecular formula is C16H19N3O. The first-order valence-corrected chi connectivity index (χ1v) is 7.13. The third kappa shape index (κ3) is 3.33. The number of hydrogen-bond acceptors (Lipinski definition) is 3. The molecule has 1 fully saturated rings. The van der Waals surface area contributed by atoms with Gasteiger partial charge in [-0.15, -0.1) is 0 Å². The van der Waals surface area contributed by atoms with Gasteiger partial charge in [0.1, 0.15) is 0 Å². The van der Waals surface area contributed by atoms with E-state index in [1.54, 1.807) is 6.20 Å². The van der Waals surface area contributed by atoms with Crippen molar-refractivity contribution in [2.75, 3.05) is 13.1 Å². The van der Waals surface area contributed by atoms with Gasteiger partial charge < -0.3 is 10.6 Å². The Morgan fingerprint density at radius 3 is 2.95 bits per heavy atom. The number of aromatic nitrogens is 1. The zero-order valence-corrected chi connectivity index (χ0v) is 11.4. The summed E-state index contributed by atoms with van der Waals surface area (Å²) < 4.78 is 0. The molecular weight excluding hydrogens is 250 g/mol. The third-order valence-corrected chi connectivity index (χ3v) is 3.61. The predicted octanol–water partition coefficient (Wildman–Crippen LogP) is 1.85. The Morgan fingerprint density at radius 1 is 1.25 bits per heavy atom. The maximum atomic E-state index is 11.8. The minimum atomic E-state index is 0.0404. The second kappa shape index (κ2) is 6.01. The highest BCUT2D eigenvalue weighted by atomic mass is 16.1. The molecule has 0 aliphatic heterocycles. The van der Waals surface area contributed by atoms with E-state index in [-0.39, 0.29) is 5.91 Å². The van der Waals surface area contributed by atoms with Crippen LogP contribution in [-0.4, -0.2) is 24.0 Å². The number of hydrogen-bond donors (Lipinski definition) is 2. The lowest BCUT2D eigenvalue weighted by atomic mass is 10.1. The van der Waals surface area contributed by atoms with Crippen LogP contribution in [0.1, 0.15) is 18.4 Å². The minimum absolute atomic E-state index is 0.0404. The maximum Gasteiger partial charge on any atom is 0.234 e. The summed E-state index contributed by atoms with van der Waals surface area (Å²) in [5.41, 5.74) is 2.01. The fourth-order valence-electron chi connectivity index (χ4n) is 2.28. The fourth-order valence-corrected chi connectivity index (χ4v) is 2.28. The van der Waals surface area contributed by atoms with E-state index in [0.29, 0.717) is 13.1 Å². The van der Waals surface area contributed by atoms with E-state index in [4.69, 9.17) is 0 Å². The van der Waals surface area contributed by atoms with E-state index >= 15 is 0 Å². The lowest BCUT2D eigenvalue weighted by Gasteiger charge is -2.08. The van der Waals surface area contributed by atoms with Crippen LogP contribution in [0.3, 0.4) is 0 Å². The van der Waals surface area contributed by atoms with E-state index in [9.17, 15) is 4.79 Å². The van der Waals surface area contributed by atoms with Crippen LogP contribution in [0.15, 0.2) is 36.5 Å². The Morgan fingerprint density at radius 2 is 2.10 bits per heavy atom. The van der Waals surface area contributed by atoms with Crippen molar-refractivity contribution in [1.29, 1.82) is 0 Å². The van der Waals surface area contributed by atoms with Crippen molar-refractivity contribution >= 4 is 16.8 Å². The maximum absolute atomic E-state index is 11.8. The van der Waals surface area contributed by atoms with Crippen LogP contribution in [0, 0.1) is 5.92 Å². The van der Waals surface area contributed by atoms with Gasteiger partial charge in [-0.25, -0.2) is 0 Å². The fraction of sp³-hybridized carbons (Fsp3) is 0.375. The highest BCUT2D eigenvalue weighted by molar-refractivity contribution is 5.82. The number of carbonyl (C=O) groups excluding carboxylic acids is 1. The molecule has 1 amide bonds. The molecule has 1 aliphatic rings. The molecule has 2 N–H and O–H groups in total. The number of nitrogens with one attached hydrogen (secondary N) is 2. The Balaban J connectivity index is 1.54. The number of carbonyl (C=O) groups is 1. The lowest BCUT2D eigenvalue weighted by molar-refractivity contribution is -0.120. The van der Waals surface area contributed by atoms with E-state index in [0.717, 1.165) is 28.9 Å². The minimum Gasteiger partial charge on any atom is -0.351 e. The van der Waals surface area contributed by atoms with Gasteiger partial charge in [-0.1, -0.05) is 24.3 Å². The molecule has 3 rings (SSSR count). The Bertz CT molecular complexity index is 602. The van der Waals surface area contributed by atoms with Crippen molar-refractivity contribution < 1.29 is 4.79 Å². The Hall–Kier alpha value is -1.94. The molecule has 0 bridgehead atoms. The lowest BCUT2D eigenvalue weighted by Crippen LogP contribution is -2.34. The van der Waals surface area contributed by atoms with E-state index in [1.807, 2.05) is 30.3 Å². The van der Waals surface area contributed by atoms with Crippen LogP contribution in [0.5, 0.6) is 0 Å². The third-order valence-electron chi connectivity index (χ3n) is 3.61. The van der Waals surface area contributed by atoms with Crippen LogP contribution in [0.2, 0.25) is 0 Å². The first-order valence-electron chi connectivity index (χ1n) is 7.13. The van der Waals surface area contributed by atoms with Crippen LogP contribution in [0.25, 0.3) is 10.9 Å². The van der Waals surface area contributed by atoms with Gasteiger partial charge in [0.25, 0.3) is 0 Å². The van der Waals surface area contributed by atoms with Crippen molar-refractivity contribution in [2.45, 2.75) is 19.4 Å². The average molecular weight is 269 g/mol. The summed E-state index contributed by atoms with van der Waals surface area (Å²) in [5.74, 6) is 0.837. The zero-order chi connectivity index (χ0) is 13.8. The Kier molecular flexibility index (Phi) is 3.92. The van der Waals surface area contributed by atoms with Crippen molar-refractivity contribution in [3.63, 3.8) is 0 Å². The van der Waals surface area contributed by atoms with Crippen LogP contribution < -0.4 is 10.6 Å². The number of fused-ring (bicyclic) bond motifs is 1. The van der Waals surface area contributed by atoms with Crippen molar-refractivity contribution in [3.8, 4) is 0 Å². The molecule has 2 aromatic rings. The van der Waals surface area contributed by atoms with Crippen LogP contribution in [-0.2, 0) is 11.3 Å². The van der Waals surface area contributed by atoms with E-state index in [2.05, 4.69) is 15.6 Å². The molecule has 20 heavy (non-hydrogen) atoms. The number of pyridine rings is 1. The molecule has 1 saturated carbocycles. The summed E-state index contributed by atoms with van der Waals surface area (Å²) in [7, 11) is 0. The highest BCUT2D eigenvalue weighted by Gasteiger charge is 2.20. The largest absolute Gasteiger partial charge is 0.351 e. The topological polar surface area (TPSA) is 54.0 Å². The van der Waals surface area contributed by atoms with Crippen molar-refractivity contribution in [1.82, 2.24) is 15.6 Å². The second-order valence-corrected chi connectivity index (χ2v) is 5.34. The molecule has 4 nitrogen and oxygen atoms in total. The summed E-state index contributed by atoms with van der Waals surface area (Å²) >= 11 is 0. The molecule has 0 saturated heterocycles. The van der Waals surface area contributed by atoms with Gasteiger partial charge in [-0.05, 0) is 36.9 Å². The first kappa shape index (κ1) is 13.1. The SMILES string of the molecule is O=C(CNCC1CC1)NCc1cccc2cccnc12. The molecule has 1 aromatic carbocycles. The molecule has 0 spiro atoms. The molecule has 0 atom stereocenters. The average Bonchev–Trinajstić information content (AvgIpc) is 3.29. The van der Waals surface area contributed by atoms with E-state index in [1.165, 1.54) is 12.8 Å². The Labute approximate surface area is 118 Å². The normalized spacial score (nSPS) is 14.4. The quantitative estimate of drug-likeness (QED) is 0.841.